The Morgan fingerprint density at radius 2 is 1.88 bits per heavy atom. The van der Waals surface area contributed by atoms with Crippen molar-refractivity contribution >= 4 is 11.6 Å². The second-order valence-electron chi connectivity index (χ2n) is 5.23. The second kappa shape index (κ2) is 5.27. The molecular formula is C13H19FN2O. The molecule has 4 heteroatoms. The summed E-state index contributed by atoms with van der Waals surface area (Å²) in [5.74, 6) is -0.478. The molecule has 0 aromatic heterocycles. The molecule has 94 valence electrons. The smallest absolute Gasteiger partial charge is 0.225 e. The fourth-order valence-electron chi connectivity index (χ4n) is 1.25. The van der Waals surface area contributed by atoms with Crippen LogP contribution < -0.4 is 11.1 Å². The molecule has 0 heterocycles. The van der Waals surface area contributed by atoms with E-state index in [1.165, 1.54) is 24.3 Å². The predicted molar refractivity (Wildman–Crippen MR) is 67.1 cm³/mol. The zero-order valence-corrected chi connectivity index (χ0v) is 10.5. The zero-order valence-electron chi connectivity index (χ0n) is 10.5. The van der Waals surface area contributed by atoms with Gasteiger partial charge in [0, 0.05) is 18.2 Å². The summed E-state index contributed by atoms with van der Waals surface area (Å²) < 4.78 is 12.7. The topological polar surface area (TPSA) is 55.1 Å². The summed E-state index contributed by atoms with van der Waals surface area (Å²) >= 11 is 0. The standard InChI is InChI=1S/C13H19FN2O/c1-13(2,3)11(15)8-12(17)16-10-6-4-9(14)5-7-10/h4-7,11H,8,15H2,1-3H3,(H,16,17). The van der Waals surface area contributed by atoms with Gasteiger partial charge in [0.1, 0.15) is 5.82 Å². The van der Waals surface area contributed by atoms with Crippen molar-refractivity contribution in [1.29, 1.82) is 0 Å². The summed E-state index contributed by atoms with van der Waals surface area (Å²) in [6.07, 6.45) is 0.251. The van der Waals surface area contributed by atoms with E-state index in [9.17, 15) is 9.18 Å². The van der Waals surface area contributed by atoms with Crippen molar-refractivity contribution in [1.82, 2.24) is 0 Å². The van der Waals surface area contributed by atoms with Crippen LogP contribution in [0.3, 0.4) is 0 Å². The van der Waals surface area contributed by atoms with Crippen LogP contribution in [-0.2, 0) is 4.79 Å². The number of anilines is 1. The van der Waals surface area contributed by atoms with E-state index in [1.54, 1.807) is 0 Å². The maximum atomic E-state index is 12.7. The number of benzene rings is 1. The van der Waals surface area contributed by atoms with Crippen molar-refractivity contribution in [3.63, 3.8) is 0 Å². The molecule has 0 saturated heterocycles. The number of halogens is 1. The average Bonchev–Trinajstić information content (AvgIpc) is 2.20. The van der Waals surface area contributed by atoms with E-state index in [2.05, 4.69) is 5.32 Å². The predicted octanol–water partition coefficient (Wildman–Crippen LogP) is 2.53. The normalized spacial score (nSPS) is 13.2. The van der Waals surface area contributed by atoms with Crippen molar-refractivity contribution in [3.05, 3.63) is 30.1 Å². The average molecular weight is 238 g/mol. The van der Waals surface area contributed by atoms with E-state index in [1.807, 2.05) is 20.8 Å². The first-order valence-corrected chi connectivity index (χ1v) is 5.60. The van der Waals surface area contributed by atoms with Gasteiger partial charge in [-0.1, -0.05) is 20.8 Å². The van der Waals surface area contributed by atoms with Crippen LogP contribution in [0.1, 0.15) is 27.2 Å². The minimum absolute atomic E-state index is 0.111. The number of amides is 1. The maximum absolute atomic E-state index is 12.7. The van der Waals surface area contributed by atoms with Gasteiger partial charge >= 0.3 is 0 Å². The zero-order chi connectivity index (χ0) is 13.1. The maximum Gasteiger partial charge on any atom is 0.225 e. The number of rotatable bonds is 3. The summed E-state index contributed by atoms with van der Waals surface area (Å²) in [7, 11) is 0. The fraction of sp³-hybridized carbons (Fsp3) is 0.462. The van der Waals surface area contributed by atoms with E-state index in [-0.39, 0.29) is 29.6 Å². The molecule has 1 unspecified atom stereocenters. The number of carbonyl (C=O) groups excluding carboxylic acids is 1. The third kappa shape index (κ3) is 4.53. The Kier molecular flexibility index (Phi) is 4.23. The fourth-order valence-corrected chi connectivity index (χ4v) is 1.25. The second-order valence-corrected chi connectivity index (χ2v) is 5.23. The quantitative estimate of drug-likeness (QED) is 0.850. The Morgan fingerprint density at radius 1 is 1.35 bits per heavy atom. The lowest BCUT2D eigenvalue weighted by molar-refractivity contribution is -0.117. The van der Waals surface area contributed by atoms with Crippen LogP contribution in [0.5, 0.6) is 0 Å². The molecule has 0 aliphatic carbocycles. The van der Waals surface area contributed by atoms with E-state index < -0.39 is 0 Å². The van der Waals surface area contributed by atoms with Crippen LogP contribution in [-0.4, -0.2) is 11.9 Å². The van der Waals surface area contributed by atoms with Crippen molar-refractivity contribution in [2.45, 2.75) is 33.2 Å². The SMILES string of the molecule is CC(C)(C)C(N)CC(=O)Nc1ccc(F)cc1. The van der Waals surface area contributed by atoms with Gasteiger partial charge in [-0.15, -0.1) is 0 Å². The van der Waals surface area contributed by atoms with Gasteiger partial charge in [0.2, 0.25) is 5.91 Å². The van der Waals surface area contributed by atoms with Gasteiger partial charge in [0.15, 0.2) is 0 Å². The van der Waals surface area contributed by atoms with Crippen LogP contribution >= 0.6 is 0 Å². The third-order valence-corrected chi connectivity index (χ3v) is 2.65. The molecule has 0 aliphatic heterocycles. The van der Waals surface area contributed by atoms with Gasteiger partial charge < -0.3 is 11.1 Å². The summed E-state index contributed by atoms with van der Waals surface area (Å²) in [5, 5.41) is 2.69. The Hall–Kier alpha value is -1.42. The Balaban J connectivity index is 2.53. The van der Waals surface area contributed by atoms with Crippen molar-refractivity contribution in [3.8, 4) is 0 Å². The van der Waals surface area contributed by atoms with Crippen LogP contribution in [0.4, 0.5) is 10.1 Å². The number of hydrogen-bond acceptors (Lipinski definition) is 2. The molecule has 3 nitrogen and oxygen atoms in total. The Labute approximate surface area is 101 Å². The molecule has 1 amide bonds. The molecular weight excluding hydrogens is 219 g/mol. The molecule has 1 aromatic rings. The van der Waals surface area contributed by atoms with E-state index in [0.29, 0.717) is 5.69 Å². The number of nitrogens with two attached hydrogens (primary N) is 1. The molecule has 0 bridgehead atoms. The number of nitrogens with one attached hydrogen (secondary N) is 1. The molecule has 1 aromatic carbocycles. The van der Waals surface area contributed by atoms with Crippen molar-refractivity contribution < 1.29 is 9.18 Å². The lowest BCUT2D eigenvalue weighted by atomic mass is 9.85. The van der Waals surface area contributed by atoms with Gasteiger partial charge in [-0.05, 0) is 29.7 Å². The monoisotopic (exact) mass is 238 g/mol. The third-order valence-electron chi connectivity index (χ3n) is 2.65. The molecule has 1 rings (SSSR count). The molecule has 17 heavy (non-hydrogen) atoms. The van der Waals surface area contributed by atoms with Crippen LogP contribution in [0.25, 0.3) is 0 Å². The molecule has 0 spiro atoms. The molecule has 0 radical (unpaired) electrons. The van der Waals surface area contributed by atoms with E-state index >= 15 is 0 Å². The lowest BCUT2D eigenvalue weighted by Gasteiger charge is -2.26. The highest BCUT2D eigenvalue weighted by atomic mass is 19.1. The summed E-state index contributed by atoms with van der Waals surface area (Å²) in [6.45, 7) is 5.97. The first-order chi connectivity index (χ1) is 7.79. The van der Waals surface area contributed by atoms with Crippen LogP contribution in [0, 0.1) is 11.2 Å². The summed E-state index contributed by atoms with van der Waals surface area (Å²) in [4.78, 5) is 11.7. The lowest BCUT2D eigenvalue weighted by Crippen LogP contribution is -2.38. The van der Waals surface area contributed by atoms with E-state index in [4.69, 9.17) is 5.73 Å². The Bertz CT molecular complexity index is 381. The van der Waals surface area contributed by atoms with Gasteiger partial charge in [-0.25, -0.2) is 4.39 Å². The highest BCUT2D eigenvalue weighted by Crippen LogP contribution is 2.20. The minimum Gasteiger partial charge on any atom is -0.327 e. The van der Waals surface area contributed by atoms with Crippen LogP contribution in [0.15, 0.2) is 24.3 Å². The highest BCUT2D eigenvalue weighted by molar-refractivity contribution is 5.91. The summed E-state index contributed by atoms with van der Waals surface area (Å²) in [5.41, 5.74) is 6.38. The largest absolute Gasteiger partial charge is 0.327 e. The molecule has 3 N–H and O–H groups in total. The molecule has 1 atom stereocenters. The first-order valence-electron chi connectivity index (χ1n) is 5.60. The van der Waals surface area contributed by atoms with Gasteiger partial charge in [-0.3, -0.25) is 4.79 Å². The first kappa shape index (κ1) is 13.6. The number of hydrogen-bond donors (Lipinski definition) is 2. The Morgan fingerprint density at radius 3 is 2.35 bits per heavy atom. The van der Waals surface area contributed by atoms with Crippen molar-refractivity contribution in [2.75, 3.05) is 5.32 Å². The molecule has 0 fully saturated rings. The van der Waals surface area contributed by atoms with Crippen LogP contribution in [0.2, 0.25) is 0 Å². The summed E-state index contributed by atoms with van der Waals surface area (Å²) in [6, 6.07) is 5.45. The van der Waals surface area contributed by atoms with Gasteiger partial charge in [-0.2, -0.15) is 0 Å². The number of carbonyl (C=O) groups is 1. The van der Waals surface area contributed by atoms with Gasteiger partial charge in [0.05, 0.1) is 0 Å². The van der Waals surface area contributed by atoms with E-state index in [0.717, 1.165) is 0 Å². The minimum atomic E-state index is -0.325. The van der Waals surface area contributed by atoms with Crippen molar-refractivity contribution in [2.24, 2.45) is 11.1 Å². The van der Waals surface area contributed by atoms with Gasteiger partial charge in [0.25, 0.3) is 0 Å². The highest BCUT2D eigenvalue weighted by Gasteiger charge is 2.23. The molecule has 0 aliphatic rings. The molecule has 0 saturated carbocycles.